The summed E-state index contributed by atoms with van der Waals surface area (Å²) in [6.07, 6.45) is 0.881. The summed E-state index contributed by atoms with van der Waals surface area (Å²) in [4.78, 5) is 4.90. The van der Waals surface area contributed by atoms with Crippen molar-refractivity contribution >= 4 is 0 Å². The van der Waals surface area contributed by atoms with E-state index in [4.69, 9.17) is 4.74 Å². The topological polar surface area (TPSA) is 35.9 Å². The molecule has 4 nitrogen and oxygen atoms in total. The van der Waals surface area contributed by atoms with Crippen molar-refractivity contribution in [2.75, 3.05) is 39.3 Å². The molecule has 4 heteroatoms. The van der Waals surface area contributed by atoms with Gasteiger partial charge in [0.05, 0.1) is 6.10 Å². The fourth-order valence-corrected chi connectivity index (χ4v) is 3.13. The fraction of sp³-hybridized carbons (Fsp3) is 0.667. The summed E-state index contributed by atoms with van der Waals surface area (Å²) in [5.74, 6) is 0.988. The molecule has 22 heavy (non-hydrogen) atoms. The molecule has 0 spiro atoms. The number of aliphatic hydroxyl groups is 1. The summed E-state index contributed by atoms with van der Waals surface area (Å²) >= 11 is 0. The third-order valence-corrected chi connectivity index (χ3v) is 4.42. The normalized spacial score (nSPS) is 21.7. The number of ether oxygens (including phenoxy) is 1. The average molecular weight is 306 g/mol. The number of aliphatic hydroxyl groups excluding tert-OH is 1. The minimum Gasteiger partial charge on any atom is -0.492 e. The van der Waals surface area contributed by atoms with Gasteiger partial charge in [-0.1, -0.05) is 25.1 Å². The molecule has 0 bridgehead atoms. The first-order valence-corrected chi connectivity index (χ1v) is 8.43. The summed E-state index contributed by atoms with van der Waals surface area (Å²) in [5, 5.41) is 9.60. The summed E-state index contributed by atoms with van der Waals surface area (Å²) in [6.45, 7) is 11.8. The number of aryl methyl sites for hydroxylation is 1. The first-order chi connectivity index (χ1) is 10.6. The minimum atomic E-state index is -0.245. The molecule has 2 unspecified atom stereocenters. The van der Waals surface area contributed by atoms with E-state index in [1.54, 1.807) is 0 Å². The van der Waals surface area contributed by atoms with E-state index in [-0.39, 0.29) is 6.10 Å². The Morgan fingerprint density at radius 1 is 1.32 bits per heavy atom. The van der Waals surface area contributed by atoms with Crippen LogP contribution in [0.3, 0.4) is 0 Å². The van der Waals surface area contributed by atoms with Crippen LogP contribution in [0.4, 0.5) is 0 Å². The Kier molecular flexibility index (Phi) is 6.68. The molecule has 2 rings (SSSR count). The van der Waals surface area contributed by atoms with Crippen molar-refractivity contribution in [3.8, 4) is 5.75 Å². The van der Waals surface area contributed by atoms with Crippen LogP contribution in [0.1, 0.15) is 25.8 Å². The monoisotopic (exact) mass is 306 g/mol. The van der Waals surface area contributed by atoms with Crippen LogP contribution >= 0.6 is 0 Å². The second-order valence-electron chi connectivity index (χ2n) is 6.32. The van der Waals surface area contributed by atoms with E-state index in [1.807, 2.05) is 25.1 Å². The van der Waals surface area contributed by atoms with Gasteiger partial charge in [0.1, 0.15) is 12.4 Å². The lowest BCUT2D eigenvalue weighted by Crippen LogP contribution is -2.55. The zero-order valence-electron chi connectivity index (χ0n) is 14.2. The Balaban J connectivity index is 1.76. The second kappa shape index (κ2) is 8.51. The van der Waals surface area contributed by atoms with Crippen molar-refractivity contribution in [2.45, 2.75) is 39.3 Å². The van der Waals surface area contributed by atoms with E-state index in [1.165, 1.54) is 5.56 Å². The highest BCUT2D eigenvalue weighted by molar-refractivity contribution is 5.31. The summed E-state index contributed by atoms with van der Waals surface area (Å²) in [5.41, 5.74) is 1.19. The molecule has 1 saturated heterocycles. The van der Waals surface area contributed by atoms with Gasteiger partial charge in [-0.3, -0.25) is 9.80 Å². The van der Waals surface area contributed by atoms with Crippen molar-refractivity contribution in [1.82, 2.24) is 9.80 Å². The molecule has 1 heterocycles. The van der Waals surface area contributed by atoms with E-state index >= 15 is 0 Å². The van der Waals surface area contributed by atoms with Gasteiger partial charge in [-0.15, -0.1) is 0 Å². The van der Waals surface area contributed by atoms with Crippen LogP contribution < -0.4 is 4.74 Å². The number of para-hydroxylation sites is 1. The van der Waals surface area contributed by atoms with Gasteiger partial charge in [-0.2, -0.15) is 0 Å². The molecule has 0 amide bonds. The smallest absolute Gasteiger partial charge is 0.122 e. The number of benzene rings is 1. The maximum Gasteiger partial charge on any atom is 0.122 e. The van der Waals surface area contributed by atoms with Gasteiger partial charge in [0.25, 0.3) is 0 Å². The molecular formula is C18H30N2O2. The number of β-amino-alcohol motifs (C(OH)–C–C–N with tert-alkyl or cyclic N) is 1. The highest BCUT2D eigenvalue weighted by atomic mass is 16.5. The lowest BCUT2D eigenvalue weighted by Gasteiger charge is -2.41. The molecule has 0 radical (unpaired) electrons. The van der Waals surface area contributed by atoms with Gasteiger partial charge in [0.2, 0.25) is 0 Å². The molecule has 1 aromatic rings. The van der Waals surface area contributed by atoms with Crippen LogP contribution in [0.2, 0.25) is 0 Å². The highest BCUT2D eigenvalue weighted by Crippen LogP contribution is 2.17. The molecule has 1 N–H and O–H groups in total. The lowest BCUT2D eigenvalue weighted by molar-refractivity contribution is 0.0322. The van der Waals surface area contributed by atoms with Gasteiger partial charge < -0.3 is 9.84 Å². The number of rotatable bonds is 7. The van der Waals surface area contributed by atoms with Crippen LogP contribution in [0, 0.1) is 6.92 Å². The first kappa shape index (κ1) is 17.3. The number of nitrogens with zero attached hydrogens (tertiary/aromatic N) is 2. The van der Waals surface area contributed by atoms with Crippen LogP contribution in [0.25, 0.3) is 0 Å². The second-order valence-corrected chi connectivity index (χ2v) is 6.32. The van der Waals surface area contributed by atoms with E-state index < -0.39 is 0 Å². The third kappa shape index (κ3) is 4.97. The zero-order valence-corrected chi connectivity index (χ0v) is 14.2. The zero-order chi connectivity index (χ0) is 15.9. The van der Waals surface area contributed by atoms with Crippen LogP contribution in [-0.4, -0.2) is 66.4 Å². The van der Waals surface area contributed by atoms with E-state index in [0.717, 1.165) is 51.5 Å². The SMILES string of the molecule is CCC1CN(CCOc2ccccc2C)CCN1CC(C)O. The van der Waals surface area contributed by atoms with Crippen molar-refractivity contribution in [3.63, 3.8) is 0 Å². The van der Waals surface area contributed by atoms with Crippen molar-refractivity contribution in [3.05, 3.63) is 29.8 Å². The molecule has 2 atom stereocenters. The molecule has 0 aliphatic carbocycles. The van der Waals surface area contributed by atoms with Gasteiger partial charge >= 0.3 is 0 Å². The Morgan fingerprint density at radius 3 is 2.77 bits per heavy atom. The molecule has 1 fully saturated rings. The predicted molar refractivity (Wildman–Crippen MR) is 90.4 cm³/mol. The molecule has 1 aromatic carbocycles. The maximum atomic E-state index is 9.60. The van der Waals surface area contributed by atoms with Crippen LogP contribution in [0.5, 0.6) is 5.75 Å². The van der Waals surface area contributed by atoms with Crippen LogP contribution in [-0.2, 0) is 0 Å². The molecule has 0 aromatic heterocycles. The highest BCUT2D eigenvalue weighted by Gasteiger charge is 2.26. The summed E-state index contributed by atoms with van der Waals surface area (Å²) in [7, 11) is 0. The summed E-state index contributed by atoms with van der Waals surface area (Å²) in [6, 6.07) is 8.71. The van der Waals surface area contributed by atoms with Crippen molar-refractivity contribution < 1.29 is 9.84 Å². The number of piperazine rings is 1. The first-order valence-electron chi connectivity index (χ1n) is 8.43. The Morgan fingerprint density at radius 2 is 2.09 bits per heavy atom. The van der Waals surface area contributed by atoms with Gasteiger partial charge in [0, 0.05) is 38.8 Å². The molecule has 124 valence electrons. The number of hydrogen-bond donors (Lipinski definition) is 1. The fourth-order valence-electron chi connectivity index (χ4n) is 3.13. The van der Waals surface area contributed by atoms with Crippen molar-refractivity contribution in [2.24, 2.45) is 0 Å². The van der Waals surface area contributed by atoms with Gasteiger partial charge in [-0.05, 0) is 31.9 Å². The standard InChI is InChI=1S/C18H30N2O2/c1-4-17-14-19(9-10-20(17)13-16(3)21)11-12-22-18-8-6-5-7-15(18)2/h5-8,16-17,21H,4,9-14H2,1-3H3. The Hall–Kier alpha value is -1.10. The third-order valence-electron chi connectivity index (χ3n) is 4.42. The predicted octanol–water partition coefficient (Wildman–Crippen LogP) is 2.15. The largest absolute Gasteiger partial charge is 0.492 e. The van der Waals surface area contributed by atoms with Crippen LogP contribution in [0.15, 0.2) is 24.3 Å². The minimum absolute atomic E-state index is 0.245. The molecule has 0 saturated carbocycles. The van der Waals surface area contributed by atoms with Gasteiger partial charge in [-0.25, -0.2) is 0 Å². The molecule has 1 aliphatic rings. The quantitative estimate of drug-likeness (QED) is 0.837. The Labute approximate surface area is 134 Å². The van der Waals surface area contributed by atoms with Crippen molar-refractivity contribution in [1.29, 1.82) is 0 Å². The average Bonchev–Trinajstić information content (AvgIpc) is 2.50. The lowest BCUT2D eigenvalue weighted by atomic mass is 10.1. The Bertz CT molecular complexity index is 450. The number of hydrogen-bond acceptors (Lipinski definition) is 4. The van der Waals surface area contributed by atoms with E-state index in [9.17, 15) is 5.11 Å². The van der Waals surface area contributed by atoms with E-state index in [2.05, 4.69) is 29.7 Å². The molecule has 1 aliphatic heterocycles. The molecular weight excluding hydrogens is 276 g/mol. The summed E-state index contributed by atoms with van der Waals surface area (Å²) < 4.78 is 5.90. The van der Waals surface area contributed by atoms with E-state index in [0.29, 0.717) is 6.04 Å². The maximum absolute atomic E-state index is 9.60. The van der Waals surface area contributed by atoms with Gasteiger partial charge in [0.15, 0.2) is 0 Å².